The van der Waals surface area contributed by atoms with E-state index in [9.17, 15) is 9.59 Å². The standard InChI is InChI=1S/C13H15BrO4/c1-17-11(15)9-13(14,12(16)18-2)8-10-6-4-3-5-7-10/h3-7H,8-9H2,1-2H3. The normalized spacial score (nSPS) is 13.5. The summed E-state index contributed by atoms with van der Waals surface area (Å²) in [6.07, 6.45) is 0.278. The molecule has 4 nitrogen and oxygen atoms in total. The Balaban J connectivity index is 2.91. The van der Waals surface area contributed by atoms with Gasteiger partial charge in [0.05, 0.1) is 20.6 Å². The van der Waals surface area contributed by atoms with Crippen LogP contribution in [-0.2, 0) is 25.5 Å². The minimum absolute atomic E-state index is 0.0783. The van der Waals surface area contributed by atoms with Crippen molar-refractivity contribution in [3.8, 4) is 0 Å². The van der Waals surface area contributed by atoms with Crippen LogP contribution in [0.4, 0.5) is 0 Å². The van der Waals surface area contributed by atoms with Gasteiger partial charge in [0, 0.05) is 0 Å². The zero-order chi connectivity index (χ0) is 13.6. The number of carbonyl (C=O) groups excluding carboxylic acids is 2. The van der Waals surface area contributed by atoms with Gasteiger partial charge in [-0.25, -0.2) is 0 Å². The third kappa shape index (κ3) is 3.84. The second-order valence-corrected chi connectivity index (χ2v) is 5.39. The monoisotopic (exact) mass is 314 g/mol. The van der Waals surface area contributed by atoms with Crippen LogP contribution < -0.4 is 0 Å². The van der Waals surface area contributed by atoms with E-state index in [4.69, 9.17) is 4.74 Å². The lowest BCUT2D eigenvalue weighted by atomic mass is 9.96. The Labute approximate surface area is 114 Å². The summed E-state index contributed by atoms with van der Waals surface area (Å²) >= 11 is 3.31. The van der Waals surface area contributed by atoms with Gasteiger partial charge in [-0.1, -0.05) is 46.3 Å². The van der Waals surface area contributed by atoms with Crippen LogP contribution in [0.25, 0.3) is 0 Å². The summed E-state index contributed by atoms with van der Waals surface area (Å²) < 4.78 is 8.25. The number of ether oxygens (including phenoxy) is 2. The fourth-order valence-corrected chi connectivity index (χ4v) is 2.32. The van der Waals surface area contributed by atoms with Gasteiger partial charge < -0.3 is 9.47 Å². The first kappa shape index (κ1) is 14.7. The molecule has 18 heavy (non-hydrogen) atoms. The number of benzene rings is 1. The minimum atomic E-state index is -1.09. The van der Waals surface area contributed by atoms with Crippen molar-refractivity contribution in [2.75, 3.05) is 14.2 Å². The van der Waals surface area contributed by atoms with Crippen LogP contribution in [0.5, 0.6) is 0 Å². The third-order valence-electron chi connectivity index (χ3n) is 2.53. The Hall–Kier alpha value is -1.36. The maximum atomic E-state index is 11.8. The molecule has 0 spiro atoms. The molecule has 0 saturated heterocycles. The van der Waals surface area contributed by atoms with Crippen LogP contribution in [0.1, 0.15) is 12.0 Å². The lowest BCUT2D eigenvalue weighted by Crippen LogP contribution is -2.38. The topological polar surface area (TPSA) is 52.6 Å². The molecule has 1 unspecified atom stereocenters. The van der Waals surface area contributed by atoms with Gasteiger partial charge in [-0.15, -0.1) is 0 Å². The van der Waals surface area contributed by atoms with Gasteiger partial charge in [0.1, 0.15) is 4.32 Å². The SMILES string of the molecule is COC(=O)CC(Br)(Cc1ccccc1)C(=O)OC. The fraction of sp³-hybridized carbons (Fsp3) is 0.385. The van der Waals surface area contributed by atoms with Crippen LogP contribution in [0.2, 0.25) is 0 Å². The summed E-state index contributed by atoms with van der Waals surface area (Å²) in [5, 5.41) is 0. The van der Waals surface area contributed by atoms with Crippen LogP contribution in [0.15, 0.2) is 30.3 Å². The zero-order valence-corrected chi connectivity index (χ0v) is 11.9. The van der Waals surface area contributed by atoms with Gasteiger partial charge in [-0.2, -0.15) is 0 Å². The molecule has 1 aromatic rings. The Morgan fingerprint density at radius 1 is 1.17 bits per heavy atom. The van der Waals surface area contributed by atoms with E-state index >= 15 is 0 Å². The predicted molar refractivity (Wildman–Crippen MR) is 70.5 cm³/mol. The number of halogens is 1. The first-order valence-electron chi connectivity index (χ1n) is 5.40. The second-order valence-electron chi connectivity index (χ2n) is 3.87. The fourth-order valence-electron chi connectivity index (χ4n) is 1.61. The summed E-state index contributed by atoms with van der Waals surface area (Å²) in [6, 6.07) is 9.40. The smallest absolute Gasteiger partial charge is 0.323 e. The molecule has 0 bridgehead atoms. The van der Waals surface area contributed by atoms with Gasteiger partial charge >= 0.3 is 11.9 Å². The molecule has 0 radical (unpaired) electrons. The molecule has 5 heteroatoms. The number of methoxy groups -OCH3 is 2. The van der Waals surface area contributed by atoms with Gasteiger partial charge in [0.15, 0.2) is 0 Å². The number of hydrogen-bond acceptors (Lipinski definition) is 4. The lowest BCUT2D eigenvalue weighted by Gasteiger charge is -2.23. The Morgan fingerprint density at radius 2 is 1.78 bits per heavy atom. The van der Waals surface area contributed by atoms with Crippen molar-refractivity contribution in [2.45, 2.75) is 17.2 Å². The minimum Gasteiger partial charge on any atom is -0.469 e. The number of rotatable bonds is 5. The van der Waals surface area contributed by atoms with E-state index in [1.54, 1.807) is 0 Å². The van der Waals surface area contributed by atoms with E-state index in [2.05, 4.69) is 20.7 Å². The summed E-state index contributed by atoms with van der Waals surface area (Å²) in [6.45, 7) is 0. The predicted octanol–water partition coefficient (Wildman–Crippen LogP) is 2.10. The molecule has 0 N–H and O–H groups in total. The molecule has 1 aromatic carbocycles. The Morgan fingerprint density at radius 3 is 2.28 bits per heavy atom. The summed E-state index contributed by atoms with van der Waals surface area (Å²) in [4.78, 5) is 23.2. The van der Waals surface area contributed by atoms with E-state index in [-0.39, 0.29) is 6.42 Å². The Kier molecular flexibility index (Phi) is 5.34. The molecule has 0 saturated carbocycles. The van der Waals surface area contributed by atoms with E-state index in [1.165, 1.54) is 14.2 Å². The second kappa shape index (κ2) is 6.54. The summed E-state index contributed by atoms with van der Waals surface area (Å²) in [5.41, 5.74) is 0.934. The van der Waals surface area contributed by atoms with Crippen molar-refractivity contribution in [2.24, 2.45) is 0 Å². The lowest BCUT2D eigenvalue weighted by molar-refractivity contribution is -0.149. The highest BCUT2D eigenvalue weighted by atomic mass is 79.9. The molecular formula is C13H15BrO4. The van der Waals surface area contributed by atoms with Crippen molar-refractivity contribution < 1.29 is 19.1 Å². The first-order chi connectivity index (χ1) is 8.51. The molecule has 1 rings (SSSR count). The molecule has 0 aliphatic rings. The van der Waals surface area contributed by atoms with Crippen LogP contribution in [0, 0.1) is 0 Å². The molecule has 0 amide bonds. The maximum Gasteiger partial charge on any atom is 0.323 e. The number of carbonyl (C=O) groups is 2. The summed E-state index contributed by atoms with van der Waals surface area (Å²) in [7, 11) is 2.58. The highest BCUT2D eigenvalue weighted by Crippen LogP contribution is 2.29. The van der Waals surface area contributed by atoms with Gasteiger partial charge in [0.2, 0.25) is 0 Å². The van der Waals surface area contributed by atoms with Crippen molar-refractivity contribution >= 4 is 27.9 Å². The number of alkyl halides is 1. The van der Waals surface area contributed by atoms with Crippen molar-refractivity contribution in [3.05, 3.63) is 35.9 Å². The third-order valence-corrected chi connectivity index (χ3v) is 3.42. The highest BCUT2D eigenvalue weighted by Gasteiger charge is 2.39. The van der Waals surface area contributed by atoms with E-state index in [0.29, 0.717) is 6.42 Å². The van der Waals surface area contributed by atoms with E-state index in [0.717, 1.165) is 5.56 Å². The molecule has 0 aromatic heterocycles. The highest BCUT2D eigenvalue weighted by molar-refractivity contribution is 9.10. The molecular weight excluding hydrogens is 300 g/mol. The summed E-state index contributed by atoms with van der Waals surface area (Å²) in [5.74, 6) is -0.954. The average molecular weight is 315 g/mol. The van der Waals surface area contributed by atoms with Gasteiger partial charge in [-0.3, -0.25) is 9.59 Å². The molecule has 0 fully saturated rings. The first-order valence-corrected chi connectivity index (χ1v) is 6.19. The molecule has 0 heterocycles. The van der Waals surface area contributed by atoms with Crippen LogP contribution >= 0.6 is 15.9 Å². The van der Waals surface area contributed by atoms with Crippen LogP contribution in [-0.4, -0.2) is 30.5 Å². The number of esters is 2. The van der Waals surface area contributed by atoms with E-state index in [1.807, 2.05) is 30.3 Å². The zero-order valence-electron chi connectivity index (χ0n) is 10.3. The van der Waals surface area contributed by atoms with Crippen LogP contribution in [0.3, 0.4) is 0 Å². The van der Waals surface area contributed by atoms with Crippen molar-refractivity contribution in [1.82, 2.24) is 0 Å². The van der Waals surface area contributed by atoms with E-state index < -0.39 is 16.3 Å². The van der Waals surface area contributed by atoms with Crippen molar-refractivity contribution in [1.29, 1.82) is 0 Å². The Bertz CT molecular complexity index is 418. The van der Waals surface area contributed by atoms with Gasteiger partial charge in [-0.05, 0) is 12.0 Å². The maximum absolute atomic E-state index is 11.8. The molecule has 0 aliphatic heterocycles. The largest absolute Gasteiger partial charge is 0.469 e. The molecule has 0 aliphatic carbocycles. The number of hydrogen-bond donors (Lipinski definition) is 0. The quantitative estimate of drug-likeness (QED) is 0.617. The molecule has 1 atom stereocenters. The average Bonchev–Trinajstić information content (AvgIpc) is 2.38. The molecule has 98 valence electrons. The van der Waals surface area contributed by atoms with Gasteiger partial charge in [0.25, 0.3) is 0 Å². The van der Waals surface area contributed by atoms with Crippen molar-refractivity contribution in [3.63, 3.8) is 0 Å².